The van der Waals surface area contributed by atoms with Gasteiger partial charge in [-0.1, -0.05) is 181 Å². The molecule has 0 radical (unpaired) electrons. The van der Waals surface area contributed by atoms with E-state index in [1.807, 2.05) is 0 Å². The molecule has 22 heteroatoms. The van der Waals surface area contributed by atoms with Crippen molar-refractivity contribution in [2.24, 2.45) is 0 Å². The van der Waals surface area contributed by atoms with Gasteiger partial charge in [-0.3, -0.25) is 0 Å². The monoisotopic (exact) mass is 1310 g/mol. The Morgan fingerprint density at radius 1 is 0.349 bits per heavy atom. The van der Waals surface area contributed by atoms with Gasteiger partial charge >= 0.3 is 41.6 Å². The molecule has 444 valence electrons. The van der Waals surface area contributed by atoms with Crippen LogP contribution in [0.3, 0.4) is 0 Å². The van der Waals surface area contributed by atoms with Crippen LogP contribution in [-0.4, -0.2) is 48.7 Å². The molecule has 8 nitrogen and oxygen atoms in total. The summed E-state index contributed by atoms with van der Waals surface area (Å²) in [6.45, 7) is 2.30. The van der Waals surface area contributed by atoms with Gasteiger partial charge in [0.2, 0.25) is 0 Å². The molecule has 0 aliphatic heterocycles. The summed E-state index contributed by atoms with van der Waals surface area (Å²) in [5.74, 6) is 0. The number of halogens is 9. The third-order valence-corrected chi connectivity index (χ3v) is 18.4. The van der Waals surface area contributed by atoms with E-state index in [0.29, 0.717) is 10.8 Å². The number of fused-ring (bicyclic) bond motifs is 2. The van der Waals surface area contributed by atoms with Crippen LogP contribution in [0, 0.1) is 13.8 Å². The van der Waals surface area contributed by atoms with Crippen LogP contribution in [0.4, 0.5) is 35.1 Å². The summed E-state index contributed by atoms with van der Waals surface area (Å²) in [6.07, 6.45) is -10.9. The van der Waals surface area contributed by atoms with E-state index in [9.17, 15) is 61.1 Å². The molecular weight excluding hydrogens is 1260 g/mol. The smallest absolute Gasteiger partial charge is 1.00 e. The number of hydrogen-bond acceptors (Lipinski definition) is 8. The van der Waals surface area contributed by atoms with Crippen molar-refractivity contribution in [3.05, 3.63) is 277 Å². The van der Waals surface area contributed by atoms with Crippen LogP contribution in [0.25, 0.3) is 21.5 Å². The standard InChI is InChI=1S/2C19H17S.2C13H10F4O4S.BrH.Li/c2*1-16-12-14-19(15-13-16)20(17-8-4-2-5-9-17)18-10-6-3-7-11-18;2*14-12(15,13(16,17)22(18,19)20)21-8-9-5-6-10-3-1-2-4-11(10)7-9;;/h2*2-15H,1H3;2*1-7H,8H2,(H,18,19,20);1H;/q2*+1;;;;+1/p-3. The van der Waals surface area contributed by atoms with Gasteiger partial charge in [-0.05, 0) is 131 Å². The Labute approximate surface area is 522 Å². The minimum atomic E-state index is -6.56. The molecule has 10 rings (SSSR count). The van der Waals surface area contributed by atoms with Crippen molar-refractivity contribution in [1.82, 2.24) is 0 Å². The molecule has 0 spiro atoms. The molecule has 0 unspecified atom stereocenters. The number of aryl methyl sites for hydroxylation is 2. The average Bonchev–Trinajstić information content (AvgIpc) is 3.08. The van der Waals surface area contributed by atoms with Crippen molar-refractivity contribution in [3.8, 4) is 0 Å². The summed E-state index contributed by atoms with van der Waals surface area (Å²) in [4.78, 5) is 8.19. The number of rotatable bonds is 16. The summed E-state index contributed by atoms with van der Waals surface area (Å²) in [7, 11) is -13.2. The van der Waals surface area contributed by atoms with E-state index < -0.39 is 56.2 Å². The molecule has 0 aliphatic carbocycles. The quantitative estimate of drug-likeness (QED) is 0.0404. The zero-order valence-electron chi connectivity index (χ0n) is 46.0. The predicted molar refractivity (Wildman–Crippen MR) is 309 cm³/mol. The van der Waals surface area contributed by atoms with E-state index in [0.717, 1.165) is 10.8 Å². The first-order valence-corrected chi connectivity index (χ1v) is 30.5. The molecule has 0 N–H and O–H groups in total. The maximum absolute atomic E-state index is 13.1. The van der Waals surface area contributed by atoms with Gasteiger partial charge in [0.25, 0.3) is 0 Å². The normalized spacial score (nSPS) is 11.9. The molecule has 86 heavy (non-hydrogen) atoms. The summed E-state index contributed by atoms with van der Waals surface area (Å²) >= 11 is 0. The molecule has 0 saturated heterocycles. The SMILES string of the molecule is Cc1ccc([S+](c2ccccc2)c2ccccc2)cc1.Cc1ccc([S+](c2ccccc2)c2ccccc2)cc1.O=S(=O)([O-])C(F)(F)C(F)(F)OCc1ccc2ccccc2c1.O=S(=O)([O-])C(F)(F)C(F)(F)OCc1ccc2ccccc2c1.[Br-].[Li+]. The molecule has 0 atom stereocenters. The molecule has 0 amide bonds. The number of benzene rings is 10. The fourth-order valence-electron chi connectivity index (χ4n) is 7.86. The van der Waals surface area contributed by atoms with Crippen molar-refractivity contribution >= 4 is 63.6 Å². The summed E-state index contributed by atoms with van der Waals surface area (Å²) in [6, 6.07) is 83.2. The van der Waals surface area contributed by atoms with Gasteiger partial charge in [0.05, 0.1) is 35.0 Å². The minimum Gasteiger partial charge on any atom is -1.00 e. The zero-order chi connectivity index (χ0) is 60.8. The Morgan fingerprint density at radius 3 is 0.837 bits per heavy atom. The van der Waals surface area contributed by atoms with Crippen LogP contribution in [0.15, 0.2) is 284 Å². The fourth-order valence-corrected chi connectivity index (χ4v) is 12.7. The summed E-state index contributed by atoms with van der Waals surface area (Å²) in [5, 5.41) is -8.78. The average molecular weight is 1320 g/mol. The number of alkyl halides is 8. The molecular formula is C64H52BrF8LiO8S4. The summed E-state index contributed by atoms with van der Waals surface area (Å²) in [5.41, 5.74) is 2.85. The van der Waals surface area contributed by atoms with Crippen molar-refractivity contribution in [2.75, 3.05) is 0 Å². The second-order valence-electron chi connectivity index (χ2n) is 18.4. The predicted octanol–water partition coefficient (Wildman–Crippen LogP) is 10.4. The van der Waals surface area contributed by atoms with Crippen molar-refractivity contribution in [1.29, 1.82) is 0 Å². The summed E-state index contributed by atoms with van der Waals surface area (Å²) < 4.78 is 173. The first-order chi connectivity index (χ1) is 39.8. The number of hydrogen-bond donors (Lipinski definition) is 0. The van der Waals surface area contributed by atoms with Gasteiger partial charge in [-0.2, -0.15) is 35.1 Å². The Hall–Kier alpha value is -6.32. The molecule has 0 heterocycles. The third-order valence-electron chi connectivity index (χ3n) is 12.2. The topological polar surface area (TPSA) is 133 Å². The first kappa shape index (κ1) is 70.4. The molecule has 0 fully saturated rings. The van der Waals surface area contributed by atoms with Gasteiger partial charge in [0.15, 0.2) is 49.6 Å². The fraction of sp³-hybridized carbons (Fsp3) is 0.125. The second-order valence-corrected chi connectivity index (χ2v) is 25.3. The first-order valence-electron chi connectivity index (χ1n) is 25.3. The molecule has 10 aromatic carbocycles. The van der Waals surface area contributed by atoms with E-state index in [4.69, 9.17) is 0 Å². The van der Waals surface area contributed by atoms with E-state index in [1.54, 1.807) is 60.7 Å². The van der Waals surface area contributed by atoms with Gasteiger partial charge in [-0.15, -0.1) is 0 Å². The largest absolute Gasteiger partial charge is 1.00 e. The van der Waals surface area contributed by atoms with Crippen molar-refractivity contribution < 1.29 is 106 Å². The second kappa shape index (κ2) is 31.0. The van der Waals surface area contributed by atoms with Crippen molar-refractivity contribution in [3.63, 3.8) is 0 Å². The Morgan fingerprint density at radius 2 is 0.581 bits per heavy atom. The van der Waals surface area contributed by atoms with Gasteiger partial charge in [-0.25, -0.2) is 16.8 Å². The van der Waals surface area contributed by atoms with E-state index in [1.165, 1.54) is 64.8 Å². The number of ether oxygens (including phenoxy) is 2. The minimum absolute atomic E-state index is 0. The van der Waals surface area contributed by atoms with Crippen LogP contribution in [0.5, 0.6) is 0 Å². The van der Waals surface area contributed by atoms with E-state index in [-0.39, 0.29) is 68.8 Å². The third kappa shape index (κ3) is 18.4. The maximum Gasteiger partial charge on any atom is 1.00 e. The Kier molecular flexibility index (Phi) is 25.4. The van der Waals surface area contributed by atoms with Crippen molar-refractivity contribution in [2.45, 2.75) is 79.2 Å². The zero-order valence-corrected chi connectivity index (χ0v) is 50.8. The van der Waals surface area contributed by atoms with Gasteiger partial charge in [0, 0.05) is 0 Å². The molecule has 0 aromatic heterocycles. The van der Waals surface area contributed by atoms with Crippen LogP contribution >= 0.6 is 0 Å². The molecule has 0 bridgehead atoms. The van der Waals surface area contributed by atoms with Crippen LogP contribution in [0.2, 0.25) is 0 Å². The molecule has 0 saturated carbocycles. The van der Waals surface area contributed by atoms with Crippen LogP contribution < -0.4 is 35.8 Å². The maximum atomic E-state index is 13.1. The Bertz CT molecular complexity index is 3630. The van der Waals surface area contributed by atoms with E-state index >= 15 is 0 Å². The van der Waals surface area contributed by atoms with Crippen LogP contribution in [0.1, 0.15) is 22.3 Å². The molecule has 0 aliphatic rings. The van der Waals surface area contributed by atoms with Gasteiger partial charge < -0.3 is 35.6 Å². The Balaban J connectivity index is 0.000000208. The van der Waals surface area contributed by atoms with E-state index in [2.05, 4.69) is 193 Å². The van der Waals surface area contributed by atoms with Crippen LogP contribution in [-0.2, 0) is 64.7 Å². The van der Waals surface area contributed by atoms with Gasteiger partial charge in [0.1, 0.15) is 0 Å². The molecule has 10 aromatic rings.